The number of aromatic nitrogens is 1. The van der Waals surface area contributed by atoms with Crippen LogP contribution in [-0.4, -0.2) is 24.2 Å². The van der Waals surface area contributed by atoms with E-state index in [0.29, 0.717) is 17.4 Å². The van der Waals surface area contributed by atoms with Crippen molar-refractivity contribution in [2.45, 2.75) is 39.7 Å². The van der Waals surface area contributed by atoms with Crippen molar-refractivity contribution in [2.24, 2.45) is 5.92 Å². The standard InChI is InChI=1S/C12H19N2O3/c1-8(11-5-6-11)14(16-4,10(3)15)12-7-13-17-9(12)2/h7-8,11H,5-6H2,1-4H3/q+1. The summed E-state index contributed by atoms with van der Waals surface area (Å²) in [6.07, 6.45) is 3.89. The zero-order valence-corrected chi connectivity index (χ0v) is 10.8. The molecule has 1 aromatic rings. The Kier molecular flexibility index (Phi) is 3.05. The smallest absolute Gasteiger partial charge is 0.348 e. The van der Waals surface area contributed by atoms with Crippen LogP contribution in [0.1, 0.15) is 32.4 Å². The average Bonchev–Trinajstić information content (AvgIpc) is 3.05. The highest BCUT2D eigenvalue weighted by atomic mass is 16.7. The predicted octanol–water partition coefficient (Wildman–Crippen LogP) is 2.20. The first-order chi connectivity index (χ1) is 8.04. The van der Waals surface area contributed by atoms with Gasteiger partial charge in [-0.15, -0.1) is 0 Å². The summed E-state index contributed by atoms with van der Waals surface area (Å²) in [4.78, 5) is 17.7. The highest BCUT2D eigenvalue weighted by Crippen LogP contribution is 2.42. The quantitative estimate of drug-likeness (QED) is 0.597. The number of nitrogens with zero attached hydrogens (tertiary/aromatic N) is 2. The normalized spacial score (nSPS) is 20.9. The van der Waals surface area contributed by atoms with Crippen LogP contribution in [0.2, 0.25) is 0 Å². The van der Waals surface area contributed by atoms with E-state index in [1.807, 2.05) is 0 Å². The van der Waals surface area contributed by atoms with E-state index in [0.717, 1.165) is 12.8 Å². The summed E-state index contributed by atoms with van der Waals surface area (Å²) >= 11 is 0. The number of carbonyl (C=O) groups excluding carboxylic acids is 1. The first kappa shape index (κ1) is 12.3. The second-order valence-corrected chi connectivity index (χ2v) is 4.70. The topological polar surface area (TPSA) is 52.3 Å². The highest BCUT2D eigenvalue weighted by molar-refractivity contribution is 5.85. The van der Waals surface area contributed by atoms with Gasteiger partial charge in [-0.3, -0.25) is 0 Å². The van der Waals surface area contributed by atoms with Gasteiger partial charge in [0.2, 0.25) is 5.69 Å². The minimum Gasteiger partial charge on any atom is -0.355 e. The second-order valence-electron chi connectivity index (χ2n) is 4.70. The number of rotatable bonds is 4. The molecule has 5 nitrogen and oxygen atoms in total. The van der Waals surface area contributed by atoms with Crippen LogP contribution in [0.25, 0.3) is 0 Å². The maximum Gasteiger partial charge on any atom is 0.348 e. The van der Waals surface area contributed by atoms with Crippen LogP contribution >= 0.6 is 0 Å². The number of quaternary nitrogens is 1. The number of carbonyl (C=O) groups is 1. The van der Waals surface area contributed by atoms with Gasteiger partial charge in [0.1, 0.15) is 12.2 Å². The molecular formula is C12H19N2O3+. The van der Waals surface area contributed by atoms with Gasteiger partial charge in [-0.25, -0.2) is 4.79 Å². The first-order valence-electron chi connectivity index (χ1n) is 5.91. The lowest BCUT2D eigenvalue weighted by Gasteiger charge is -2.34. The Morgan fingerprint density at radius 3 is 2.65 bits per heavy atom. The van der Waals surface area contributed by atoms with E-state index >= 15 is 0 Å². The molecule has 1 saturated carbocycles. The molecule has 1 aliphatic carbocycles. The molecule has 1 aliphatic rings. The highest BCUT2D eigenvalue weighted by Gasteiger charge is 2.52. The van der Waals surface area contributed by atoms with E-state index in [2.05, 4.69) is 12.1 Å². The Morgan fingerprint density at radius 2 is 2.29 bits per heavy atom. The third kappa shape index (κ3) is 1.79. The van der Waals surface area contributed by atoms with E-state index in [9.17, 15) is 4.79 Å². The lowest BCUT2D eigenvalue weighted by atomic mass is 10.1. The van der Waals surface area contributed by atoms with Crippen molar-refractivity contribution >= 4 is 11.6 Å². The Balaban J connectivity index is 2.49. The van der Waals surface area contributed by atoms with Crippen LogP contribution in [0, 0.1) is 12.8 Å². The van der Waals surface area contributed by atoms with Gasteiger partial charge in [0.15, 0.2) is 5.76 Å². The molecule has 2 atom stereocenters. The fourth-order valence-electron chi connectivity index (χ4n) is 2.56. The third-order valence-corrected chi connectivity index (χ3v) is 3.72. The fraction of sp³-hybridized carbons (Fsp3) is 0.667. The molecule has 1 aromatic heterocycles. The summed E-state index contributed by atoms with van der Waals surface area (Å²) < 4.78 is 4.95. The number of amides is 1. The summed E-state index contributed by atoms with van der Waals surface area (Å²) in [5.74, 6) is 1.13. The number of hydrogen-bond acceptors (Lipinski definition) is 4. The van der Waals surface area contributed by atoms with Crippen LogP contribution in [0.3, 0.4) is 0 Å². The van der Waals surface area contributed by atoms with Crippen molar-refractivity contribution in [3.8, 4) is 0 Å². The van der Waals surface area contributed by atoms with Crippen LogP contribution in [0.5, 0.6) is 0 Å². The van der Waals surface area contributed by atoms with Gasteiger partial charge in [0.25, 0.3) is 0 Å². The Morgan fingerprint density at radius 1 is 1.65 bits per heavy atom. The summed E-state index contributed by atoms with van der Waals surface area (Å²) in [6.45, 7) is 5.40. The van der Waals surface area contributed by atoms with Crippen molar-refractivity contribution in [1.82, 2.24) is 9.80 Å². The van der Waals surface area contributed by atoms with Gasteiger partial charge in [-0.05, 0) is 19.8 Å². The monoisotopic (exact) mass is 239 g/mol. The van der Waals surface area contributed by atoms with Gasteiger partial charge >= 0.3 is 5.91 Å². The molecule has 2 rings (SSSR count). The first-order valence-corrected chi connectivity index (χ1v) is 5.91. The molecule has 94 valence electrons. The minimum absolute atomic E-state index is 0.0433. The minimum atomic E-state index is -0.125. The fourth-order valence-corrected chi connectivity index (χ4v) is 2.56. The van der Waals surface area contributed by atoms with E-state index in [1.54, 1.807) is 27.2 Å². The van der Waals surface area contributed by atoms with Gasteiger partial charge in [-0.2, -0.15) is 4.84 Å². The predicted molar refractivity (Wildman–Crippen MR) is 62.9 cm³/mol. The summed E-state index contributed by atoms with van der Waals surface area (Å²) in [6, 6.07) is 0.0931. The summed E-state index contributed by atoms with van der Waals surface area (Å²) in [5, 5.41) is 3.76. The zero-order valence-electron chi connectivity index (χ0n) is 10.8. The van der Waals surface area contributed by atoms with Gasteiger partial charge in [0.05, 0.1) is 14.0 Å². The van der Waals surface area contributed by atoms with E-state index in [-0.39, 0.29) is 16.6 Å². The molecule has 0 aliphatic heterocycles. The zero-order chi connectivity index (χ0) is 12.6. The van der Waals surface area contributed by atoms with Crippen molar-refractivity contribution in [3.05, 3.63) is 12.0 Å². The van der Waals surface area contributed by atoms with Crippen molar-refractivity contribution in [2.75, 3.05) is 7.11 Å². The van der Waals surface area contributed by atoms with E-state index in [4.69, 9.17) is 9.36 Å². The maximum absolute atomic E-state index is 12.1. The molecule has 0 aromatic carbocycles. The van der Waals surface area contributed by atoms with Crippen molar-refractivity contribution in [1.29, 1.82) is 0 Å². The molecule has 0 radical (unpaired) electrons. The molecule has 1 amide bonds. The van der Waals surface area contributed by atoms with Crippen LogP contribution < -0.4 is 4.65 Å². The van der Waals surface area contributed by atoms with Crippen LogP contribution in [-0.2, 0) is 9.63 Å². The second kappa shape index (κ2) is 4.23. The Bertz CT molecular complexity index is 425. The third-order valence-electron chi connectivity index (χ3n) is 3.72. The van der Waals surface area contributed by atoms with Gasteiger partial charge in [-0.1, -0.05) is 9.80 Å². The Hall–Kier alpha value is -1.20. The lowest BCUT2D eigenvalue weighted by Crippen LogP contribution is -2.59. The molecule has 0 bridgehead atoms. The lowest BCUT2D eigenvalue weighted by molar-refractivity contribution is -0.181. The van der Waals surface area contributed by atoms with E-state index in [1.165, 1.54) is 0 Å². The molecule has 17 heavy (non-hydrogen) atoms. The van der Waals surface area contributed by atoms with Crippen molar-refractivity contribution < 1.29 is 14.2 Å². The van der Waals surface area contributed by atoms with E-state index < -0.39 is 0 Å². The Labute approximate surface area is 101 Å². The molecular weight excluding hydrogens is 220 g/mol. The molecule has 5 heteroatoms. The van der Waals surface area contributed by atoms with Gasteiger partial charge in [0, 0.05) is 12.8 Å². The van der Waals surface area contributed by atoms with Crippen LogP contribution in [0.15, 0.2) is 10.7 Å². The number of hydroxylamine groups is 2. The van der Waals surface area contributed by atoms with Crippen LogP contribution in [0.4, 0.5) is 5.69 Å². The average molecular weight is 239 g/mol. The molecule has 1 heterocycles. The van der Waals surface area contributed by atoms with Gasteiger partial charge < -0.3 is 4.52 Å². The maximum atomic E-state index is 12.1. The molecule has 0 saturated heterocycles. The molecule has 0 N–H and O–H groups in total. The SMILES string of the molecule is CO[N+](C(C)=O)(c1cnoc1C)C(C)C1CC1. The number of aryl methyl sites for hydroxylation is 1. The number of hydrogen-bond donors (Lipinski definition) is 0. The molecule has 0 spiro atoms. The summed E-state index contributed by atoms with van der Waals surface area (Å²) in [5.41, 5.74) is 0.708. The molecule has 1 fully saturated rings. The largest absolute Gasteiger partial charge is 0.355 e. The molecule has 2 unspecified atom stereocenters. The van der Waals surface area contributed by atoms with Crippen molar-refractivity contribution in [3.63, 3.8) is 0 Å². The summed E-state index contributed by atoms with van der Waals surface area (Å²) in [7, 11) is 1.56.